The van der Waals surface area contributed by atoms with Gasteiger partial charge in [-0.15, -0.1) is 0 Å². The molecule has 0 radical (unpaired) electrons. The van der Waals surface area contributed by atoms with E-state index in [1.165, 1.54) is 10.9 Å². The third kappa shape index (κ3) is 3.16. The van der Waals surface area contributed by atoms with Gasteiger partial charge in [-0.25, -0.2) is 19.3 Å². The smallest absolute Gasteiger partial charge is 0.328 e. The normalized spacial score (nSPS) is 19.8. The molecule has 1 aromatic carbocycles. The number of carbonyl (C=O) groups excluding carboxylic acids is 1. The molecule has 1 atom stereocenters. The fourth-order valence-electron chi connectivity index (χ4n) is 3.59. The lowest BCUT2D eigenvalue weighted by Crippen LogP contribution is -2.37. The molecule has 1 fully saturated rings. The molecule has 1 amide bonds. The number of imidazole rings is 1. The summed E-state index contributed by atoms with van der Waals surface area (Å²) in [5.41, 5.74) is 3.97. The second kappa shape index (κ2) is 6.79. The van der Waals surface area contributed by atoms with Crippen LogP contribution in [0.3, 0.4) is 0 Å². The molecule has 2 aromatic heterocycles. The molecule has 3 N–H and O–H groups in total. The van der Waals surface area contributed by atoms with Crippen LogP contribution in [0.2, 0.25) is 0 Å². The Labute approximate surface area is 162 Å². The molecule has 5 rings (SSSR count). The first-order chi connectivity index (χ1) is 13.7. The molecule has 144 valence electrons. The second-order valence-corrected chi connectivity index (χ2v) is 7.29. The lowest BCUT2D eigenvalue weighted by Gasteiger charge is -2.19. The van der Waals surface area contributed by atoms with Crippen molar-refractivity contribution in [1.29, 1.82) is 0 Å². The highest BCUT2D eigenvalue weighted by atomic mass is 16.5. The van der Waals surface area contributed by atoms with Crippen LogP contribution in [0.4, 0.5) is 22.0 Å². The van der Waals surface area contributed by atoms with Crippen LogP contribution in [0.1, 0.15) is 18.4 Å². The van der Waals surface area contributed by atoms with E-state index in [1.54, 1.807) is 0 Å². The molecule has 8 nitrogen and oxygen atoms in total. The van der Waals surface area contributed by atoms with Gasteiger partial charge in [-0.1, -0.05) is 12.1 Å². The van der Waals surface area contributed by atoms with Crippen molar-refractivity contribution in [3.05, 3.63) is 42.2 Å². The van der Waals surface area contributed by atoms with Gasteiger partial charge in [-0.2, -0.15) is 0 Å². The SMILES string of the molecule is CNc1cc2nc3c1ncn3C(=O)NC[C@@H](C1CC1)OCc1cccc(c1)N2. The number of nitrogens with one attached hydrogen (secondary N) is 3. The lowest BCUT2D eigenvalue weighted by atomic mass is 10.2. The summed E-state index contributed by atoms with van der Waals surface area (Å²) in [5.74, 6) is 1.15. The highest BCUT2D eigenvalue weighted by Crippen LogP contribution is 2.35. The number of rotatable bonds is 2. The standard InChI is InChI=1S/C20H22N6O2/c1-21-15-8-17-24-14-4-2-3-12(7-14)10-28-16(13-5-6-13)9-22-20(27)26-11-23-18(15)19(26)25-17/h2-4,7-8,11,13,16H,5-6,9-10H2,1H3,(H,22,27)(H2,21,24,25)/t16-/m0/s1. The first-order valence-corrected chi connectivity index (χ1v) is 9.53. The van der Waals surface area contributed by atoms with Crippen LogP contribution in [0.5, 0.6) is 0 Å². The van der Waals surface area contributed by atoms with E-state index in [0.717, 1.165) is 29.8 Å². The van der Waals surface area contributed by atoms with Crippen LogP contribution < -0.4 is 16.0 Å². The average molecular weight is 378 g/mol. The van der Waals surface area contributed by atoms with Crippen LogP contribution >= 0.6 is 0 Å². The molecule has 1 aliphatic carbocycles. The van der Waals surface area contributed by atoms with E-state index in [1.807, 2.05) is 31.3 Å². The first-order valence-electron chi connectivity index (χ1n) is 9.53. The third-order valence-electron chi connectivity index (χ3n) is 5.26. The Hall–Kier alpha value is -3.13. The highest BCUT2D eigenvalue weighted by Gasteiger charge is 2.32. The predicted molar refractivity (Wildman–Crippen MR) is 107 cm³/mol. The minimum absolute atomic E-state index is 0.00896. The minimum atomic E-state index is -0.251. The zero-order chi connectivity index (χ0) is 19.1. The zero-order valence-corrected chi connectivity index (χ0v) is 15.6. The Balaban J connectivity index is 1.60. The number of benzene rings is 1. The number of ether oxygens (including phenoxy) is 1. The average Bonchev–Trinajstić information content (AvgIpc) is 3.45. The molecule has 3 aromatic rings. The molecule has 3 heterocycles. The summed E-state index contributed by atoms with van der Waals surface area (Å²) in [7, 11) is 1.83. The van der Waals surface area contributed by atoms with E-state index >= 15 is 0 Å². The zero-order valence-electron chi connectivity index (χ0n) is 15.6. The summed E-state index contributed by atoms with van der Waals surface area (Å²) in [5, 5.41) is 9.45. The first kappa shape index (κ1) is 17.0. The molecule has 8 heteroatoms. The number of nitrogens with zero attached hydrogens (tertiary/aromatic N) is 3. The molecule has 1 aliphatic heterocycles. The minimum Gasteiger partial charge on any atom is -0.386 e. The van der Waals surface area contributed by atoms with Gasteiger partial charge in [-0.05, 0) is 36.5 Å². The van der Waals surface area contributed by atoms with Crippen LogP contribution in [0, 0.1) is 5.92 Å². The third-order valence-corrected chi connectivity index (χ3v) is 5.26. The molecule has 2 aliphatic rings. The van der Waals surface area contributed by atoms with E-state index in [9.17, 15) is 4.79 Å². The molecule has 0 unspecified atom stereocenters. The van der Waals surface area contributed by atoms with Gasteiger partial charge >= 0.3 is 6.03 Å². The molecular formula is C20H22N6O2. The van der Waals surface area contributed by atoms with E-state index in [-0.39, 0.29) is 12.1 Å². The van der Waals surface area contributed by atoms with Gasteiger partial charge in [0, 0.05) is 25.3 Å². The van der Waals surface area contributed by atoms with Crippen molar-refractivity contribution in [2.24, 2.45) is 5.92 Å². The van der Waals surface area contributed by atoms with Gasteiger partial charge in [0.25, 0.3) is 0 Å². The van der Waals surface area contributed by atoms with Gasteiger partial charge < -0.3 is 20.7 Å². The molecule has 28 heavy (non-hydrogen) atoms. The predicted octanol–water partition coefficient (Wildman–Crippen LogP) is 3.08. The maximum absolute atomic E-state index is 12.8. The van der Waals surface area contributed by atoms with Gasteiger partial charge in [0.05, 0.1) is 18.4 Å². The fourth-order valence-corrected chi connectivity index (χ4v) is 3.59. The number of aromatic nitrogens is 3. The largest absolute Gasteiger partial charge is 0.386 e. The molecule has 4 bridgehead atoms. The van der Waals surface area contributed by atoms with Crippen molar-refractivity contribution >= 4 is 34.4 Å². The maximum atomic E-state index is 12.8. The van der Waals surface area contributed by atoms with Crippen LogP contribution in [-0.4, -0.2) is 40.3 Å². The van der Waals surface area contributed by atoms with Gasteiger partial charge in [0.1, 0.15) is 17.7 Å². The van der Waals surface area contributed by atoms with Crippen LogP contribution in [-0.2, 0) is 11.3 Å². The van der Waals surface area contributed by atoms with Crippen molar-refractivity contribution in [2.45, 2.75) is 25.6 Å². The highest BCUT2D eigenvalue weighted by molar-refractivity contribution is 5.94. The van der Waals surface area contributed by atoms with E-state index in [4.69, 9.17) is 4.74 Å². The Morgan fingerprint density at radius 1 is 1.29 bits per heavy atom. The summed E-state index contributed by atoms with van der Waals surface area (Å²) in [4.78, 5) is 21.8. The van der Waals surface area contributed by atoms with Crippen molar-refractivity contribution in [3.8, 4) is 0 Å². The Morgan fingerprint density at radius 3 is 3.00 bits per heavy atom. The Kier molecular flexibility index (Phi) is 4.12. The number of pyridine rings is 1. The number of anilines is 3. The van der Waals surface area contributed by atoms with Gasteiger partial charge in [0.2, 0.25) is 0 Å². The van der Waals surface area contributed by atoms with E-state index < -0.39 is 0 Å². The molecule has 0 spiro atoms. The van der Waals surface area contributed by atoms with Gasteiger partial charge in [0.15, 0.2) is 5.65 Å². The maximum Gasteiger partial charge on any atom is 0.328 e. The summed E-state index contributed by atoms with van der Waals surface area (Å²) >= 11 is 0. The fraction of sp³-hybridized carbons (Fsp3) is 0.350. The number of amides is 1. The molecular weight excluding hydrogens is 356 g/mol. The number of carbonyl (C=O) groups is 1. The quantitative estimate of drug-likeness (QED) is 0.635. The lowest BCUT2D eigenvalue weighted by molar-refractivity contribution is 0.0280. The number of hydrogen-bond acceptors (Lipinski definition) is 6. The monoisotopic (exact) mass is 378 g/mol. The summed E-state index contributed by atoms with van der Waals surface area (Å²) in [6, 6.07) is 9.74. The summed E-state index contributed by atoms with van der Waals surface area (Å²) in [6.45, 7) is 0.983. The van der Waals surface area contributed by atoms with Crippen molar-refractivity contribution in [2.75, 3.05) is 24.2 Å². The van der Waals surface area contributed by atoms with Crippen molar-refractivity contribution in [1.82, 2.24) is 19.9 Å². The van der Waals surface area contributed by atoms with Crippen LogP contribution in [0.15, 0.2) is 36.7 Å². The molecule has 1 saturated carbocycles. The number of fused-ring (bicyclic) bond motifs is 3. The van der Waals surface area contributed by atoms with Crippen LogP contribution in [0.25, 0.3) is 11.2 Å². The number of hydrogen-bond donors (Lipinski definition) is 3. The van der Waals surface area contributed by atoms with Crippen molar-refractivity contribution < 1.29 is 9.53 Å². The topological polar surface area (TPSA) is 93.1 Å². The summed E-state index contributed by atoms with van der Waals surface area (Å²) in [6.07, 6.45) is 3.81. The summed E-state index contributed by atoms with van der Waals surface area (Å²) < 4.78 is 7.60. The van der Waals surface area contributed by atoms with E-state index in [0.29, 0.717) is 36.1 Å². The molecule has 0 saturated heterocycles. The van der Waals surface area contributed by atoms with E-state index in [2.05, 4.69) is 32.0 Å². The second-order valence-electron chi connectivity index (χ2n) is 7.29. The Bertz CT molecular complexity index is 1040. The Morgan fingerprint density at radius 2 is 2.18 bits per heavy atom. The van der Waals surface area contributed by atoms with Crippen molar-refractivity contribution in [3.63, 3.8) is 0 Å². The van der Waals surface area contributed by atoms with Gasteiger partial charge in [-0.3, -0.25) is 0 Å².